The monoisotopic (exact) mass is 524 g/mol. The Morgan fingerprint density at radius 1 is 0.800 bits per heavy atom. The minimum atomic E-state index is -0.269. The van der Waals surface area contributed by atoms with Crippen LogP contribution in [-0.2, 0) is 4.74 Å². The molecule has 30 heavy (non-hydrogen) atoms. The molecule has 164 valence electrons. The molecule has 4 nitrogen and oxygen atoms in total. The van der Waals surface area contributed by atoms with Gasteiger partial charge in [0.15, 0.2) is 0 Å². The van der Waals surface area contributed by atoms with E-state index in [-0.39, 0.29) is 5.97 Å². The molecule has 2 aromatic carbocycles. The minimum Gasteiger partial charge on any atom is -0.490 e. The number of halogens is 1. The summed E-state index contributed by atoms with van der Waals surface area (Å²) < 4.78 is 17.7. The molecule has 0 saturated carbocycles. The summed E-state index contributed by atoms with van der Waals surface area (Å²) in [6.07, 6.45) is 9.83. The summed E-state index contributed by atoms with van der Waals surface area (Å²) in [5.41, 5.74) is 0.562. The molecule has 0 N–H and O–H groups in total. The van der Waals surface area contributed by atoms with Gasteiger partial charge in [-0.3, -0.25) is 0 Å². The van der Waals surface area contributed by atoms with Gasteiger partial charge in [-0.2, -0.15) is 0 Å². The summed E-state index contributed by atoms with van der Waals surface area (Å²) in [5, 5.41) is 0. The summed E-state index contributed by atoms with van der Waals surface area (Å²) in [6.45, 7) is 3.62. The molecule has 0 saturated heterocycles. The average molecular weight is 524 g/mol. The van der Waals surface area contributed by atoms with Crippen LogP contribution in [0.15, 0.2) is 48.5 Å². The van der Waals surface area contributed by atoms with E-state index in [4.69, 9.17) is 14.2 Å². The van der Waals surface area contributed by atoms with E-state index in [1.54, 1.807) is 6.07 Å². The van der Waals surface area contributed by atoms with Crippen molar-refractivity contribution in [3.05, 3.63) is 57.7 Å². The zero-order chi connectivity index (χ0) is 21.4. The molecule has 0 spiro atoms. The van der Waals surface area contributed by atoms with E-state index in [0.29, 0.717) is 25.4 Å². The molecular formula is C25H33IO4. The van der Waals surface area contributed by atoms with E-state index in [0.717, 1.165) is 27.9 Å². The van der Waals surface area contributed by atoms with Crippen LogP contribution in [0.1, 0.15) is 68.6 Å². The van der Waals surface area contributed by atoms with Crippen molar-refractivity contribution in [1.82, 2.24) is 0 Å². The van der Waals surface area contributed by atoms with Crippen molar-refractivity contribution < 1.29 is 19.0 Å². The first kappa shape index (κ1) is 24.5. The maximum Gasteiger partial charge on any atom is 0.338 e. The third kappa shape index (κ3) is 9.83. The second kappa shape index (κ2) is 15.1. The summed E-state index contributed by atoms with van der Waals surface area (Å²) in [5.74, 6) is 1.30. The van der Waals surface area contributed by atoms with Gasteiger partial charge in [0.1, 0.15) is 24.7 Å². The number of carbonyl (C=O) groups excluding carboxylic acids is 1. The van der Waals surface area contributed by atoms with Crippen molar-refractivity contribution in [3.63, 3.8) is 0 Å². The normalized spacial score (nSPS) is 10.6. The quantitative estimate of drug-likeness (QED) is 0.142. The second-order valence-corrected chi connectivity index (χ2v) is 8.43. The number of unbranched alkanes of at least 4 members (excludes halogenated alkanes) is 7. The van der Waals surface area contributed by atoms with E-state index >= 15 is 0 Å². The zero-order valence-electron chi connectivity index (χ0n) is 17.9. The Morgan fingerprint density at radius 3 is 2.17 bits per heavy atom. The van der Waals surface area contributed by atoms with Gasteiger partial charge in [-0.15, -0.1) is 0 Å². The van der Waals surface area contributed by atoms with Gasteiger partial charge in [-0.1, -0.05) is 70.1 Å². The maximum absolute atomic E-state index is 12.2. The number of para-hydroxylation sites is 1. The van der Waals surface area contributed by atoms with Gasteiger partial charge in [0.2, 0.25) is 0 Å². The van der Waals surface area contributed by atoms with Crippen LogP contribution in [0.4, 0.5) is 0 Å². The first-order chi connectivity index (χ1) is 14.7. The smallest absolute Gasteiger partial charge is 0.338 e. The second-order valence-electron chi connectivity index (χ2n) is 7.27. The van der Waals surface area contributed by atoms with Crippen LogP contribution in [0.5, 0.6) is 11.5 Å². The molecule has 0 aliphatic carbocycles. The van der Waals surface area contributed by atoms with E-state index in [1.165, 1.54) is 38.5 Å². The maximum atomic E-state index is 12.2. The Hall–Kier alpha value is -1.76. The van der Waals surface area contributed by atoms with Crippen molar-refractivity contribution in [2.45, 2.75) is 58.3 Å². The predicted molar refractivity (Wildman–Crippen MR) is 129 cm³/mol. The number of hydrogen-bond acceptors (Lipinski definition) is 4. The van der Waals surface area contributed by atoms with Crippen LogP contribution in [0, 0.1) is 3.57 Å². The van der Waals surface area contributed by atoms with Crippen LogP contribution < -0.4 is 9.47 Å². The standard InChI is InChI=1S/C25H33IO4/c1-2-3-4-5-6-7-8-12-17-30-25(27)21-15-16-24(23(26)20-21)29-19-18-28-22-13-10-9-11-14-22/h9-11,13-16,20H,2-8,12,17-19H2,1H3. The van der Waals surface area contributed by atoms with E-state index in [2.05, 4.69) is 29.5 Å². The van der Waals surface area contributed by atoms with Gasteiger partial charge in [0, 0.05) is 0 Å². The molecule has 0 unspecified atom stereocenters. The Morgan fingerprint density at radius 2 is 1.47 bits per heavy atom. The SMILES string of the molecule is CCCCCCCCCCOC(=O)c1ccc(OCCOc2ccccc2)c(I)c1. The topological polar surface area (TPSA) is 44.8 Å². The Balaban J connectivity index is 1.62. The lowest BCUT2D eigenvalue weighted by Gasteiger charge is -2.11. The molecule has 0 bridgehead atoms. The number of ether oxygens (including phenoxy) is 3. The lowest BCUT2D eigenvalue weighted by Crippen LogP contribution is -2.10. The van der Waals surface area contributed by atoms with Crippen molar-refractivity contribution >= 4 is 28.6 Å². The molecule has 2 rings (SSSR count). The first-order valence-electron chi connectivity index (χ1n) is 11.0. The molecule has 5 heteroatoms. The van der Waals surface area contributed by atoms with Crippen LogP contribution in [0.3, 0.4) is 0 Å². The lowest BCUT2D eigenvalue weighted by atomic mass is 10.1. The number of carbonyl (C=O) groups is 1. The third-order valence-electron chi connectivity index (χ3n) is 4.75. The van der Waals surface area contributed by atoms with Crippen LogP contribution >= 0.6 is 22.6 Å². The molecule has 0 aliphatic heterocycles. The predicted octanol–water partition coefficient (Wildman–Crippen LogP) is 7.05. The van der Waals surface area contributed by atoms with Gasteiger partial charge in [-0.25, -0.2) is 4.79 Å². The summed E-state index contributed by atoms with van der Waals surface area (Å²) in [4.78, 5) is 12.2. The van der Waals surface area contributed by atoms with Gasteiger partial charge in [-0.05, 0) is 59.3 Å². The average Bonchev–Trinajstić information content (AvgIpc) is 2.77. The number of esters is 1. The fraction of sp³-hybridized carbons (Fsp3) is 0.480. The van der Waals surface area contributed by atoms with Crippen LogP contribution in [0.25, 0.3) is 0 Å². The van der Waals surface area contributed by atoms with Crippen molar-refractivity contribution in [2.24, 2.45) is 0 Å². The van der Waals surface area contributed by atoms with Gasteiger partial charge >= 0.3 is 5.97 Å². The highest BCUT2D eigenvalue weighted by Crippen LogP contribution is 2.23. The zero-order valence-corrected chi connectivity index (χ0v) is 20.1. The number of benzene rings is 2. The van der Waals surface area contributed by atoms with Gasteiger partial charge in [0.05, 0.1) is 15.7 Å². The Kier molecular flexibility index (Phi) is 12.3. The minimum absolute atomic E-state index is 0.269. The molecule has 0 heterocycles. The Labute approximate surface area is 194 Å². The van der Waals surface area contributed by atoms with Crippen LogP contribution in [0.2, 0.25) is 0 Å². The van der Waals surface area contributed by atoms with E-state index in [1.807, 2.05) is 42.5 Å². The molecule has 0 radical (unpaired) electrons. The molecule has 0 amide bonds. The van der Waals surface area contributed by atoms with Crippen molar-refractivity contribution in [3.8, 4) is 11.5 Å². The fourth-order valence-electron chi connectivity index (χ4n) is 3.06. The first-order valence-corrected chi connectivity index (χ1v) is 12.1. The fourth-order valence-corrected chi connectivity index (χ4v) is 3.73. The van der Waals surface area contributed by atoms with E-state index < -0.39 is 0 Å². The van der Waals surface area contributed by atoms with Crippen molar-refractivity contribution in [1.29, 1.82) is 0 Å². The number of hydrogen-bond donors (Lipinski definition) is 0. The summed E-state index contributed by atoms with van der Waals surface area (Å²) in [7, 11) is 0. The third-order valence-corrected chi connectivity index (χ3v) is 5.59. The highest BCUT2D eigenvalue weighted by atomic mass is 127. The molecular weight excluding hydrogens is 491 g/mol. The highest BCUT2D eigenvalue weighted by molar-refractivity contribution is 14.1. The summed E-state index contributed by atoms with van der Waals surface area (Å²) >= 11 is 2.18. The lowest BCUT2D eigenvalue weighted by molar-refractivity contribution is 0.0497. The summed E-state index contributed by atoms with van der Waals surface area (Å²) in [6, 6.07) is 15.0. The van der Waals surface area contributed by atoms with E-state index in [9.17, 15) is 4.79 Å². The molecule has 2 aromatic rings. The highest BCUT2D eigenvalue weighted by Gasteiger charge is 2.10. The number of rotatable bonds is 15. The van der Waals surface area contributed by atoms with Gasteiger partial charge in [0.25, 0.3) is 0 Å². The molecule has 0 aliphatic rings. The molecule has 0 fully saturated rings. The Bertz CT molecular complexity index is 733. The van der Waals surface area contributed by atoms with Crippen LogP contribution in [-0.4, -0.2) is 25.8 Å². The molecule has 0 aromatic heterocycles. The largest absolute Gasteiger partial charge is 0.490 e. The molecule has 0 atom stereocenters. The van der Waals surface area contributed by atoms with Gasteiger partial charge < -0.3 is 14.2 Å². The van der Waals surface area contributed by atoms with Crippen molar-refractivity contribution in [2.75, 3.05) is 19.8 Å².